The van der Waals surface area contributed by atoms with Crippen LogP contribution >= 0.6 is 0 Å². The molecule has 110 valence electrons. The molecule has 0 fully saturated rings. The molecule has 0 aromatic heterocycles. The molecule has 2 aromatic rings. The van der Waals surface area contributed by atoms with Crippen molar-refractivity contribution in [1.29, 1.82) is 0 Å². The molecule has 21 heavy (non-hydrogen) atoms. The minimum Gasteiger partial charge on any atom is -0.339 e. The Kier molecular flexibility index (Phi) is 3.69. The average Bonchev–Trinajstić information content (AvgIpc) is 2.68. The van der Waals surface area contributed by atoms with Crippen molar-refractivity contribution in [2.45, 2.75) is 11.4 Å². The van der Waals surface area contributed by atoms with Crippen LogP contribution in [-0.4, -0.2) is 27.8 Å². The zero-order chi connectivity index (χ0) is 14.9. The van der Waals surface area contributed by atoms with E-state index in [1.165, 1.54) is 11.8 Å². The highest BCUT2D eigenvalue weighted by Gasteiger charge is 2.21. The molecule has 0 atom stereocenters. The van der Waals surface area contributed by atoms with Crippen LogP contribution in [0.4, 0.5) is 11.4 Å². The molecule has 0 spiro atoms. The van der Waals surface area contributed by atoms with Gasteiger partial charge in [0, 0.05) is 31.6 Å². The van der Waals surface area contributed by atoms with E-state index in [4.69, 9.17) is 0 Å². The summed E-state index contributed by atoms with van der Waals surface area (Å²) in [4.78, 5) is 2.47. The summed E-state index contributed by atoms with van der Waals surface area (Å²) in [6.07, 6.45) is 1.26. The summed E-state index contributed by atoms with van der Waals surface area (Å²) in [5.74, 6) is 0. The fraction of sp³-hybridized carbons (Fsp3) is 0.250. The first-order valence-corrected chi connectivity index (χ1v) is 8.82. The molecule has 3 rings (SSSR count). The fourth-order valence-corrected chi connectivity index (χ4v) is 3.59. The van der Waals surface area contributed by atoms with Crippen molar-refractivity contribution in [3.05, 3.63) is 54.1 Å². The second-order valence-electron chi connectivity index (χ2n) is 5.20. The van der Waals surface area contributed by atoms with Gasteiger partial charge in [-0.2, -0.15) is 0 Å². The van der Waals surface area contributed by atoms with Gasteiger partial charge >= 0.3 is 0 Å². The lowest BCUT2D eigenvalue weighted by atomic mass is 10.1. The van der Waals surface area contributed by atoms with Crippen LogP contribution in [0.1, 0.15) is 5.56 Å². The molecular formula is C16H18N2O2S. The van der Waals surface area contributed by atoms with Crippen molar-refractivity contribution in [1.82, 2.24) is 5.32 Å². The van der Waals surface area contributed by atoms with Crippen LogP contribution in [0.15, 0.2) is 53.4 Å². The SMILES string of the molecule is CS(=O)(=O)c1ccccc1N1CCNCc2ccccc21. The topological polar surface area (TPSA) is 49.4 Å². The van der Waals surface area contributed by atoms with Crippen LogP contribution in [0.2, 0.25) is 0 Å². The molecule has 1 aliphatic rings. The third kappa shape index (κ3) is 2.80. The summed E-state index contributed by atoms with van der Waals surface area (Å²) in [6, 6.07) is 15.3. The monoisotopic (exact) mass is 302 g/mol. The number of hydrogen-bond acceptors (Lipinski definition) is 4. The predicted molar refractivity (Wildman–Crippen MR) is 84.7 cm³/mol. The van der Waals surface area contributed by atoms with Gasteiger partial charge in [-0.15, -0.1) is 0 Å². The van der Waals surface area contributed by atoms with Crippen LogP contribution in [0.3, 0.4) is 0 Å². The molecule has 0 saturated carbocycles. The molecule has 0 aliphatic carbocycles. The molecule has 2 aromatic carbocycles. The van der Waals surface area contributed by atoms with Crippen molar-refractivity contribution in [2.75, 3.05) is 24.2 Å². The summed E-state index contributed by atoms with van der Waals surface area (Å²) >= 11 is 0. The first kappa shape index (κ1) is 14.1. The zero-order valence-corrected chi connectivity index (χ0v) is 12.7. The largest absolute Gasteiger partial charge is 0.339 e. The molecule has 5 heteroatoms. The summed E-state index contributed by atoms with van der Waals surface area (Å²) in [6.45, 7) is 2.35. The van der Waals surface area contributed by atoms with E-state index in [1.54, 1.807) is 12.1 Å². The van der Waals surface area contributed by atoms with Gasteiger partial charge in [0.1, 0.15) is 0 Å². The number of para-hydroxylation sites is 2. The van der Waals surface area contributed by atoms with Gasteiger partial charge in [0.25, 0.3) is 0 Å². The van der Waals surface area contributed by atoms with Crippen LogP contribution in [-0.2, 0) is 16.4 Å². The Morgan fingerprint density at radius 1 is 1.00 bits per heavy atom. The van der Waals surface area contributed by atoms with Crippen molar-refractivity contribution >= 4 is 21.2 Å². The minimum absolute atomic E-state index is 0.377. The van der Waals surface area contributed by atoms with E-state index in [0.29, 0.717) is 4.90 Å². The number of benzene rings is 2. The molecule has 0 saturated heterocycles. The quantitative estimate of drug-likeness (QED) is 0.925. The van der Waals surface area contributed by atoms with E-state index in [0.717, 1.165) is 31.0 Å². The molecule has 1 heterocycles. The maximum absolute atomic E-state index is 12.1. The van der Waals surface area contributed by atoms with Gasteiger partial charge < -0.3 is 10.2 Å². The minimum atomic E-state index is -3.26. The normalized spacial score (nSPS) is 15.4. The Morgan fingerprint density at radius 3 is 2.43 bits per heavy atom. The van der Waals surface area contributed by atoms with Gasteiger partial charge in [-0.25, -0.2) is 8.42 Å². The summed E-state index contributed by atoms with van der Waals surface area (Å²) in [7, 11) is -3.26. The van der Waals surface area contributed by atoms with E-state index < -0.39 is 9.84 Å². The number of rotatable bonds is 2. The van der Waals surface area contributed by atoms with Crippen LogP contribution in [0.25, 0.3) is 0 Å². The second kappa shape index (κ2) is 5.50. The van der Waals surface area contributed by atoms with E-state index in [9.17, 15) is 8.42 Å². The molecular weight excluding hydrogens is 284 g/mol. The first-order valence-electron chi connectivity index (χ1n) is 6.92. The highest BCUT2D eigenvalue weighted by atomic mass is 32.2. The van der Waals surface area contributed by atoms with Gasteiger partial charge in [-0.05, 0) is 23.8 Å². The van der Waals surface area contributed by atoms with Gasteiger partial charge in [0.15, 0.2) is 9.84 Å². The van der Waals surface area contributed by atoms with Crippen molar-refractivity contribution in [3.63, 3.8) is 0 Å². The molecule has 0 amide bonds. The number of anilines is 2. The Labute approximate surface area is 125 Å². The highest BCUT2D eigenvalue weighted by Crippen LogP contribution is 2.33. The summed E-state index contributed by atoms with van der Waals surface area (Å²) in [5, 5.41) is 3.37. The van der Waals surface area contributed by atoms with Crippen LogP contribution in [0.5, 0.6) is 0 Å². The van der Waals surface area contributed by atoms with Crippen molar-refractivity contribution < 1.29 is 8.42 Å². The molecule has 0 bridgehead atoms. The molecule has 1 N–H and O–H groups in total. The Hall–Kier alpha value is -1.85. The molecule has 1 aliphatic heterocycles. The van der Waals surface area contributed by atoms with Gasteiger partial charge in [0.05, 0.1) is 10.6 Å². The average molecular weight is 302 g/mol. The Morgan fingerprint density at radius 2 is 1.67 bits per heavy atom. The third-order valence-corrected chi connectivity index (χ3v) is 4.81. The maximum atomic E-state index is 12.1. The smallest absolute Gasteiger partial charge is 0.177 e. The standard InChI is InChI=1S/C16H18N2O2S/c1-21(19,20)16-9-5-4-8-15(16)18-11-10-17-12-13-6-2-3-7-14(13)18/h2-9,17H,10-12H2,1H3. The third-order valence-electron chi connectivity index (χ3n) is 3.67. The van der Waals surface area contributed by atoms with E-state index >= 15 is 0 Å². The predicted octanol–water partition coefficient (Wildman–Crippen LogP) is 2.33. The number of fused-ring (bicyclic) bond motifs is 1. The lowest BCUT2D eigenvalue weighted by Crippen LogP contribution is -2.25. The van der Waals surface area contributed by atoms with Gasteiger partial charge in [-0.1, -0.05) is 30.3 Å². The molecule has 0 unspecified atom stereocenters. The second-order valence-corrected chi connectivity index (χ2v) is 7.18. The van der Waals surface area contributed by atoms with Crippen LogP contribution in [0, 0.1) is 0 Å². The molecule has 0 radical (unpaired) electrons. The highest BCUT2D eigenvalue weighted by molar-refractivity contribution is 7.90. The van der Waals surface area contributed by atoms with Gasteiger partial charge in [0.2, 0.25) is 0 Å². The Balaban J connectivity index is 2.18. The zero-order valence-electron chi connectivity index (χ0n) is 11.9. The van der Waals surface area contributed by atoms with Crippen molar-refractivity contribution in [3.8, 4) is 0 Å². The van der Waals surface area contributed by atoms with Gasteiger partial charge in [-0.3, -0.25) is 0 Å². The number of nitrogens with one attached hydrogen (secondary N) is 1. The molecule has 4 nitrogen and oxygen atoms in total. The maximum Gasteiger partial charge on any atom is 0.177 e. The lowest BCUT2D eigenvalue weighted by Gasteiger charge is -2.26. The lowest BCUT2D eigenvalue weighted by molar-refractivity contribution is 0.601. The fourth-order valence-electron chi connectivity index (χ4n) is 2.70. The van der Waals surface area contributed by atoms with Crippen molar-refractivity contribution in [2.24, 2.45) is 0 Å². The number of sulfone groups is 1. The summed E-state index contributed by atoms with van der Waals surface area (Å²) < 4.78 is 24.1. The number of nitrogens with zero attached hydrogens (tertiary/aromatic N) is 1. The first-order chi connectivity index (χ1) is 10.1. The van der Waals surface area contributed by atoms with E-state index in [2.05, 4.69) is 16.3 Å². The summed E-state index contributed by atoms with van der Waals surface area (Å²) in [5.41, 5.74) is 2.99. The van der Waals surface area contributed by atoms with Crippen LogP contribution < -0.4 is 10.2 Å². The number of hydrogen-bond donors (Lipinski definition) is 1. The Bertz CT molecular complexity index is 756. The van der Waals surface area contributed by atoms with E-state index in [1.807, 2.05) is 30.3 Å². The van der Waals surface area contributed by atoms with E-state index in [-0.39, 0.29) is 0 Å².